The number of H-pyrrole nitrogens is 1. The Bertz CT molecular complexity index is 932. The van der Waals surface area contributed by atoms with Crippen molar-refractivity contribution in [2.75, 3.05) is 6.61 Å². The Morgan fingerprint density at radius 3 is 2.72 bits per heavy atom. The van der Waals surface area contributed by atoms with E-state index in [9.17, 15) is 10.1 Å². The highest BCUT2D eigenvalue weighted by Crippen LogP contribution is 2.35. The first-order chi connectivity index (χ1) is 12.2. The molecule has 7 heteroatoms. The summed E-state index contributed by atoms with van der Waals surface area (Å²) in [7, 11) is 0. The summed E-state index contributed by atoms with van der Waals surface area (Å²) >= 11 is 0. The van der Waals surface area contributed by atoms with E-state index in [1.807, 2.05) is 43.3 Å². The van der Waals surface area contributed by atoms with Crippen molar-refractivity contribution in [3.05, 3.63) is 63.7 Å². The molecule has 0 aliphatic carbocycles. The molecule has 0 atom stereocenters. The molecule has 0 spiro atoms. The van der Waals surface area contributed by atoms with Crippen molar-refractivity contribution in [2.45, 2.75) is 13.5 Å². The van der Waals surface area contributed by atoms with Gasteiger partial charge in [-0.15, -0.1) is 0 Å². The van der Waals surface area contributed by atoms with Gasteiger partial charge < -0.3 is 14.9 Å². The minimum atomic E-state index is -0.428. The number of nitrogens with one attached hydrogen (secondary N) is 1. The van der Waals surface area contributed by atoms with Crippen LogP contribution in [0.5, 0.6) is 0 Å². The third kappa shape index (κ3) is 3.22. The van der Waals surface area contributed by atoms with Gasteiger partial charge in [-0.25, -0.2) is 0 Å². The Labute approximate surface area is 143 Å². The van der Waals surface area contributed by atoms with Crippen LogP contribution in [0.25, 0.3) is 22.2 Å². The molecule has 128 valence electrons. The van der Waals surface area contributed by atoms with E-state index in [-0.39, 0.29) is 12.3 Å². The van der Waals surface area contributed by atoms with Gasteiger partial charge in [-0.05, 0) is 24.1 Å². The van der Waals surface area contributed by atoms with Crippen LogP contribution in [0.15, 0.2) is 47.6 Å². The summed E-state index contributed by atoms with van der Waals surface area (Å²) in [5, 5.41) is 24.3. The molecule has 0 amide bonds. The molecule has 0 bridgehead atoms. The van der Waals surface area contributed by atoms with Crippen molar-refractivity contribution in [1.82, 2.24) is 4.98 Å². The maximum atomic E-state index is 11.5. The molecule has 3 rings (SSSR count). The molecule has 0 fully saturated rings. The van der Waals surface area contributed by atoms with E-state index in [0.29, 0.717) is 34.3 Å². The highest BCUT2D eigenvalue weighted by atomic mass is 16.6. The van der Waals surface area contributed by atoms with Gasteiger partial charge in [-0.1, -0.05) is 35.5 Å². The lowest BCUT2D eigenvalue weighted by Gasteiger charge is -2.03. The largest absolute Gasteiger partial charge is 0.411 e. The van der Waals surface area contributed by atoms with Crippen molar-refractivity contribution in [3.8, 4) is 11.3 Å². The fourth-order valence-corrected chi connectivity index (χ4v) is 2.83. The molecule has 3 aromatic rings. The lowest BCUT2D eigenvalue weighted by atomic mass is 10.0. The van der Waals surface area contributed by atoms with Gasteiger partial charge in [0.2, 0.25) is 0 Å². The SMILES string of the molecule is CCOCc1cc([N+](=O)[O-])c2[nH]c(-c3ccccc3)c(C=NO)c2c1. The average molecular weight is 339 g/mol. The third-order valence-electron chi connectivity index (χ3n) is 3.91. The molecule has 1 heterocycles. The number of nitro groups is 1. The summed E-state index contributed by atoms with van der Waals surface area (Å²) < 4.78 is 5.38. The van der Waals surface area contributed by atoms with Crippen LogP contribution in [0.3, 0.4) is 0 Å². The number of nitro benzene ring substituents is 1. The zero-order chi connectivity index (χ0) is 17.8. The van der Waals surface area contributed by atoms with E-state index in [1.165, 1.54) is 12.3 Å². The van der Waals surface area contributed by atoms with Crippen LogP contribution in [0.4, 0.5) is 5.69 Å². The molecule has 0 aliphatic rings. The fraction of sp³-hybridized carbons (Fsp3) is 0.167. The van der Waals surface area contributed by atoms with Crippen LogP contribution >= 0.6 is 0 Å². The van der Waals surface area contributed by atoms with Gasteiger partial charge >= 0.3 is 0 Å². The van der Waals surface area contributed by atoms with E-state index < -0.39 is 4.92 Å². The highest BCUT2D eigenvalue weighted by Gasteiger charge is 2.21. The molecule has 0 radical (unpaired) electrons. The number of aromatic nitrogens is 1. The van der Waals surface area contributed by atoms with Gasteiger partial charge in [0.05, 0.1) is 23.4 Å². The zero-order valence-electron chi connectivity index (χ0n) is 13.6. The molecular formula is C18H17N3O4. The Morgan fingerprint density at radius 1 is 1.32 bits per heavy atom. The number of non-ortho nitro benzene ring substituents is 1. The summed E-state index contributed by atoms with van der Waals surface area (Å²) in [4.78, 5) is 14.2. The Morgan fingerprint density at radius 2 is 2.08 bits per heavy atom. The monoisotopic (exact) mass is 339 g/mol. The van der Waals surface area contributed by atoms with E-state index in [4.69, 9.17) is 9.94 Å². The molecule has 0 saturated carbocycles. The summed E-state index contributed by atoms with van der Waals surface area (Å²) in [6.07, 6.45) is 1.29. The van der Waals surface area contributed by atoms with Crippen LogP contribution in [-0.4, -0.2) is 27.9 Å². The van der Waals surface area contributed by atoms with E-state index in [1.54, 1.807) is 0 Å². The molecule has 25 heavy (non-hydrogen) atoms. The standard InChI is InChI=1S/C18H17N3O4/c1-2-25-11-12-8-14-15(10-19-22)17(13-6-4-3-5-7-13)20-18(14)16(9-12)21(23)24/h3-10,20,22H,2,11H2,1H3. The first-order valence-electron chi connectivity index (χ1n) is 7.79. The van der Waals surface area contributed by atoms with Crippen LogP contribution in [-0.2, 0) is 11.3 Å². The number of aromatic amines is 1. The number of oxime groups is 1. The van der Waals surface area contributed by atoms with Crippen molar-refractivity contribution in [1.29, 1.82) is 0 Å². The lowest BCUT2D eigenvalue weighted by molar-refractivity contribution is -0.383. The van der Waals surface area contributed by atoms with Crippen molar-refractivity contribution < 1.29 is 14.9 Å². The quantitative estimate of drug-likeness (QED) is 0.306. The number of ether oxygens (including phenoxy) is 1. The molecule has 7 nitrogen and oxygen atoms in total. The van der Waals surface area contributed by atoms with Gasteiger partial charge in [-0.3, -0.25) is 10.1 Å². The average Bonchev–Trinajstić information content (AvgIpc) is 2.99. The Kier molecular flexibility index (Phi) is 4.76. The Balaban J connectivity index is 2.30. The zero-order valence-corrected chi connectivity index (χ0v) is 13.6. The van der Waals surface area contributed by atoms with E-state index in [2.05, 4.69) is 10.1 Å². The van der Waals surface area contributed by atoms with Crippen molar-refractivity contribution in [3.63, 3.8) is 0 Å². The third-order valence-corrected chi connectivity index (χ3v) is 3.91. The molecule has 0 unspecified atom stereocenters. The summed E-state index contributed by atoms with van der Waals surface area (Å²) in [6.45, 7) is 2.65. The maximum Gasteiger partial charge on any atom is 0.293 e. The molecular weight excluding hydrogens is 322 g/mol. The number of nitrogens with zero attached hydrogens (tertiary/aromatic N) is 2. The predicted octanol–water partition coefficient (Wildman–Crippen LogP) is 4.09. The van der Waals surface area contributed by atoms with Crippen molar-refractivity contribution in [2.24, 2.45) is 5.16 Å². The van der Waals surface area contributed by atoms with Crippen molar-refractivity contribution >= 4 is 22.8 Å². The second-order valence-corrected chi connectivity index (χ2v) is 5.46. The second-order valence-electron chi connectivity index (χ2n) is 5.46. The first-order valence-corrected chi connectivity index (χ1v) is 7.79. The molecule has 2 N–H and O–H groups in total. The van der Waals surface area contributed by atoms with E-state index >= 15 is 0 Å². The molecule has 1 aromatic heterocycles. The van der Waals surface area contributed by atoms with Crippen LogP contribution < -0.4 is 0 Å². The summed E-state index contributed by atoms with van der Waals surface area (Å²) in [5.41, 5.74) is 3.12. The first kappa shape index (κ1) is 16.7. The van der Waals surface area contributed by atoms with Crippen LogP contribution in [0.2, 0.25) is 0 Å². The van der Waals surface area contributed by atoms with Gasteiger partial charge in [0, 0.05) is 23.6 Å². The maximum absolute atomic E-state index is 11.5. The lowest BCUT2D eigenvalue weighted by Crippen LogP contribution is -1.96. The normalized spacial score (nSPS) is 11.4. The summed E-state index contributed by atoms with van der Waals surface area (Å²) in [5.74, 6) is 0. The van der Waals surface area contributed by atoms with Crippen LogP contribution in [0.1, 0.15) is 18.1 Å². The number of benzene rings is 2. The smallest absolute Gasteiger partial charge is 0.293 e. The number of rotatable bonds is 6. The second kappa shape index (κ2) is 7.14. The number of hydrogen-bond acceptors (Lipinski definition) is 5. The predicted molar refractivity (Wildman–Crippen MR) is 95.1 cm³/mol. The minimum absolute atomic E-state index is 0.0398. The molecule has 0 saturated heterocycles. The molecule has 0 aliphatic heterocycles. The number of hydrogen-bond donors (Lipinski definition) is 2. The summed E-state index contributed by atoms with van der Waals surface area (Å²) in [6, 6.07) is 12.7. The van der Waals surface area contributed by atoms with Gasteiger partial charge in [0.1, 0.15) is 5.52 Å². The van der Waals surface area contributed by atoms with Gasteiger partial charge in [-0.2, -0.15) is 0 Å². The highest BCUT2D eigenvalue weighted by molar-refractivity contribution is 6.08. The van der Waals surface area contributed by atoms with Gasteiger partial charge in [0.25, 0.3) is 5.69 Å². The number of fused-ring (bicyclic) bond motifs is 1. The molecule has 2 aromatic carbocycles. The van der Waals surface area contributed by atoms with Crippen LogP contribution in [0, 0.1) is 10.1 Å². The fourth-order valence-electron chi connectivity index (χ4n) is 2.83. The van der Waals surface area contributed by atoms with E-state index in [0.717, 1.165) is 5.56 Å². The van der Waals surface area contributed by atoms with Gasteiger partial charge in [0.15, 0.2) is 0 Å². The Hall–Kier alpha value is -3.19. The topological polar surface area (TPSA) is 101 Å². The minimum Gasteiger partial charge on any atom is -0.411 e.